The van der Waals surface area contributed by atoms with Crippen molar-refractivity contribution in [2.75, 3.05) is 6.26 Å². The van der Waals surface area contributed by atoms with E-state index in [1.54, 1.807) is 7.05 Å². The molecule has 3 rings (SSSR count). The summed E-state index contributed by atoms with van der Waals surface area (Å²) >= 11 is 0. The number of alkyl halides is 3. The SMILES string of the molecule is Cn1cnc2c(-c3ccncc3S(C)=O)c(C(F)(F)F)cnc21. The minimum Gasteiger partial charge on any atom is -0.318 e. The van der Waals surface area contributed by atoms with Gasteiger partial charge in [0.15, 0.2) is 5.65 Å². The second kappa shape index (κ2) is 5.41. The Morgan fingerprint density at radius 1 is 1.22 bits per heavy atom. The fraction of sp³-hybridized carbons (Fsp3) is 0.214. The van der Waals surface area contributed by atoms with E-state index in [2.05, 4.69) is 15.0 Å². The minimum atomic E-state index is -4.61. The molecule has 3 aromatic rings. The molecule has 23 heavy (non-hydrogen) atoms. The molecule has 0 bridgehead atoms. The van der Waals surface area contributed by atoms with Crippen LogP contribution in [0, 0.1) is 0 Å². The topological polar surface area (TPSA) is 60.7 Å². The van der Waals surface area contributed by atoms with Gasteiger partial charge in [-0.05, 0) is 6.07 Å². The van der Waals surface area contributed by atoms with Gasteiger partial charge < -0.3 is 4.57 Å². The Balaban J connectivity index is 2.46. The maximum Gasteiger partial charge on any atom is 0.418 e. The number of hydrogen-bond donors (Lipinski definition) is 0. The number of pyridine rings is 2. The molecule has 0 fully saturated rings. The molecule has 0 N–H and O–H groups in total. The molecule has 0 amide bonds. The van der Waals surface area contributed by atoms with Gasteiger partial charge in [-0.1, -0.05) is 0 Å². The van der Waals surface area contributed by atoms with Crippen LogP contribution < -0.4 is 0 Å². The van der Waals surface area contributed by atoms with Gasteiger partial charge in [0.2, 0.25) is 0 Å². The second-order valence-corrected chi connectivity index (χ2v) is 6.25. The van der Waals surface area contributed by atoms with Crippen molar-refractivity contribution in [2.24, 2.45) is 7.05 Å². The molecule has 120 valence electrons. The molecule has 3 aromatic heterocycles. The molecular weight excluding hydrogens is 329 g/mol. The Kier molecular flexibility index (Phi) is 3.67. The maximum atomic E-state index is 13.4. The first-order valence-corrected chi connectivity index (χ1v) is 8.01. The minimum absolute atomic E-state index is 0.111. The molecule has 0 saturated carbocycles. The van der Waals surface area contributed by atoms with Crippen LogP contribution in [0.15, 0.2) is 35.9 Å². The van der Waals surface area contributed by atoms with Gasteiger partial charge in [-0.15, -0.1) is 0 Å². The summed E-state index contributed by atoms with van der Waals surface area (Å²) in [5.41, 5.74) is -0.422. The molecule has 1 unspecified atom stereocenters. The molecule has 0 aliphatic heterocycles. The monoisotopic (exact) mass is 340 g/mol. The van der Waals surface area contributed by atoms with E-state index < -0.39 is 22.5 Å². The van der Waals surface area contributed by atoms with E-state index in [0.29, 0.717) is 5.65 Å². The van der Waals surface area contributed by atoms with E-state index in [4.69, 9.17) is 0 Å². The zero-order chi connectivity index (χ0) is 16.8. The standard InChI is InChI=1S/C14H11F3N4OS/c1-21-7-20-12-11(8-3-4-18-6-10(8)23(2)22)9(14(15,16)17)5-19-13(12)21/h3-7H,1-2H3. The highest BCUT2D eigenvalue weighted by atomic mass is 32.2. The average Bonchev–Trinajstić information content (AvgIpc) is 2.87. The number of nitrogens with zero attached hydrogens (tertiary/aromatic N) is 4. The van der Waals surface area contributed by atoms with Gasteiger partial charge in [-0.25, -0.2) is 9.97 Å². The number of aryl methyl sites for hydroxylation is 1. The molecule has 0 spiro atoms. The van der Waals surface area contributed by atoms with Gasteiger partial charge in [-0.2, -0.15) is 13.2 Å². The summed E-state index contributed by atoms with van der Waals surface area (Å²) in [6.45, 7) is 0. The van der Waals surface area contributed by atoms with Gasteiger partial charge in [0.1, 0.15) is 5.52 Å². The van der Waals surface area contributed by atoms with Crippen LogP contribution in [-0.4, -0.2) is 30.0 Å². The van der Waals surface area contributed by atoms with Crippen LogP contribution in [0.5, 0.6) is 0 Å². The van der Waals surface area contributed by atoms with Crippen LogP contribution >= 0.6 is 0 Å². The first-order valence-electron chi connectivity index (χ1n) is 6.45. The van der Waals surface area contributed by atoms with Gasteiger partial charge >= 0.3 is 6.18 Å². The van der Waals surface area contributed by atoms with Crippen molar-refractivity contribution in [3.63, 3.8) is 0 Å². The van der Waals surface area contributed by atoms with Crippen LogP contribution in [0.3, 0.4) is 0 Å². The summed E-state index contributed by atoms with van der Waals surface area (Å²) in [6.07, 6.45) is 1.63. The summed E-state index contributed by atoms with van der Waals surface area (Å²) in [6, 6.07) is 1.41. The second-order valence-electron chi connectivity index (χ2n) is 4.90. The normalized spacial score (nSPS) is 13.4. The van der Waals surface area contributed by atoms with E-state index in [1.807, 2.05) is 0 Å². The molecule has 9 heteroatoms. The Morgan fingerprint density at radius 3 is 2.61 bits per heavy atom. The molecular formula is C14H11F3N4OS. The van der Waals surface area contributed by atoms with Crippen molar-refractivity contribution in [3.05, 3.63) is 36.5 Å². The quantitative estimate of drug-likeness (QED) is 0.720. The summed E-state index contributed by atoms with van der Waals surface area (Å²) in [7, 11) is 0.147. The molecule has 0 aliphatic rings. The Morgan fingerprint density at radius 2 is 1.96 bits per heavy atom. The number of imidazole rings is 1. The predicted octanol–water partition coefficient (Wildman–Crippen LogP) is 2.79. The lowest BCUT2D eigenvalue weighted by atomic mass is 10.0. The summed E-state index contributed by atoms with van der Waals surface area (Å²) < 4.78 is 53.7. The third kappa shape index (κ3) is 2.61. The van der Waals surface area contributed by atoms with Crippen molar-refractivity contribution in [1.29, 1.82) is 0 Å². The van der Waals surface area contributed by atoms with E-state index >= 15 is 0 Å². The number of hydrogen-bond acceptors (Lipinski definition) is 4. The molecule has 0 aromatic carbocycles. The first-order chi connectivity index (χ1) is 10.8. The predicted molar refractivity (Wildman–Crippen MR) is 79.1 cm³/mol. The van der Waals surface area contributed by atoms with Crippen molar-refractivity contribution >= 4 is 22.0 Å². The summed E-state index contributed by atoms with van der Waals surface area (Å²) in [5, 5.41) is 0. The third-order valence-corrected chi connectivity index (χ3v) is 4.34. The Bertz CT molecular complexity index is 920. The number of fused-ring (bicyclic) bond motifs is 1. The highest BCUT2D eigenvalue weighted by molar-refractivity contribution is 7.84. The van der Waals surface area contributed by atoms with E-state index in [0.717, 1.165) is 6.20 Å². The van der Waals surface area contributed by atoms with Crippen LogP contribution in [0.4, 0.5) is 13.2 Å². The zero-order valence-electron chi connectivity index (χ0n) is 12.1. The van der Waals surface area contributed by atoms with E-state index in [-0.39, 0.29) is 21.5 Å². The fourth-order valence-electron chi connectivity index (χ4n) is 2.37. The number of halogens is 3. The van der Waals surface area contributed by atoms with Crippen LogP contribution in [0.25, 0.3) is 22.3 Å². The van der Waals surface area contributed by atoms with Crippen LogP contribution in [0.2, 0.25) is 0 Å². The van der Waals surface area contributed by atoms with Gasteiger partial charge in [-0.3, -0.25) is 9.19 Å². The molecule has 5 nitrogen and oxygen atoms in total. The lowest BCUT2D eigenvalue weighted by molar-refractivity contribution is -0.137. The summed E-state index contributed by atoms with van der Waals surface area (Å²) in [5.74, 6) is 0. The van der Waals surface area contributed by atoms with Crippen molar-refractivity contribution < 1.29 is 17.4 Å². The molecule has 0 radical (unpaired) electrons. The van der Waals surface area contributed by atoms with Crippen LogP contribution in [0.1, 0.15) is 5.56 Å². The highest BCUT2D eigenvalue weighted by Gasteiger charge is 2.36. The Labute approximate surface area is 131 Å². The van der Waals surface area contributed by atoms with Gasteiger partial charge in [0.25, 0.3) is 0 Å². The lowest BCUT2D eigenvalue weighted by Crippen LogP contribution is -2.10. The maximum absolute atomic E-state index is 13.4. The molecule has 3 heterocycles. The highest BCUT2D eigenvalue weighted by Crippen LogP contribution is 2.41. The fourth-order valence-corrected chi connectivity index (χ4v) is 3.06. The Hall–Kier alpha value is -2.29. The van der Waals surface area contributed by atoms with Gasteiger partial charge in [0, 0.05) is 43.0 Å². The van der Waals surface area contributed by atoms with Crippen molar-refractivity contribution in [3.8, 4) is 11.1 Å². The third-order valence-electron chi connectivity index (χ3n) is 3.40. The number of rotatable bonds is 2. The zero-order valence-corrected chi connectivity index (χ0v) is 12.9. The number of aromatic nitrogens is 4. The smallest absolute Gasteiger partial charge is 0.318 e. The van der Waals surface area contributed by atoms with E-state index in [9.17, 15) is 17.4 Å². The van der Waals surface area contributed by atoms with Crippen molar-refractivity contribution in [2.45, 2.75) is 11.1 Å². The lowest BCUT2D eigenvalue weighted by Gasteiger charge is -2.15. The average molecular weight is 340 g/mol. The van der Waals surface area contributed by atoms with E-state index in [1.165, 1.54) is 35.6 Å². The molecule has 0 aliphatic carbocycles. The van der Waals surface area contributed by atoms with Crippen molar-refractivity contribution in [1.82, 2.24) is 19.5 Å². The first kappa shape index (κ1) is 15.6. The molecule has 0 saturated heterocycles. The largest absolute Gasteiger partial charge is 0.418 e. The van der Waals surface area contributed by atoms with Gasteiger partial charge in [0.05, 0.1) is 27.6 Å². The molecule has 1 atom stereocenters. The van der Waals surface area contributed by atoms with Crippen LogP contribution in [-0.2, 0) is 24.0 Å². The summed E-state index contributed by atoms with van der Waals surface area (Å²) in [4.78, 5) is 12.0.